The summed E-state index contributed by atoms with van der Waals surface area (Å²) in [6.07, 6.45) is 3.28. The van der Waals surface area contributed by atoms with Crippen LogP contribution >= 0.6 is 0 Å². The molecule has 3 rings (SSSR count). The summed E-state index contributed by atoms with van der Waals surface area (Å²) >= 11 is 0. The van der Waals surface area contributed by atoms with Crippen LogP contribution in [0.25, 0.3) is 21.9 Å². The Kier molecular flexibility index (Phi) is 7.20. The van der Waals surface area contributed by atoms with Crippen molar-refractivity contribution in [3.63, 3.8) is 0 Å². The number of hydrogen-bond donors (Lipinski definition) is 1. The lowest BCUT2D eigenvalue weighted by Crippen LogP contribution is -2.09. The molecule has 30 heavy (non-hydrogen) atoms. The number of unbranched alkanes of at least 4 members (excludes halogenated alkanes) is 2. The summed E-state index contributed by atoms with van der Waals surface area (Å²) in [6.45, 7) is 4.00. The molecule has 6 nitrogen and oxygen atoms in total. The second-order valence-corrected chi connectivity index (χ2v) is 10.2. The molecule has 1 N–H and O–H groups in total. The molecule has 8 heteroatoms. The van der Waals surface area contributed by atoms with Crippen molar-refractivity contribution in [2.24, 2.45) is 0 Å². The third-order valence-electron chi connectivity index (χ3n) is 4.83. The molecule has 0 fully saturated rings. The minimum Gasteiger partial charge on any atom is -0.478 e. The van der Waals surface area contributed by atoms with Crippen LogP contribution < -0.4 is 5.43 Å². The average molecular weight is 449 g/mol. The Morgan fingerprint density at radius 2 is 1.63 bits per heavy atom. The molecule has 2 atom stereocenters. The van der Waals surface area contributed by atoms with Crippen LogP contribution in [0.1, 0.15) is 49.9 Å². The van der Waals surface area contributed by atoms with E-state index >= 15 is 0 Å². The molecular weight excluding hydrogens is 424 g/mol. The molecule has 0 aliphatic heterocycles. The number of hydrogen-bond acceptors (Lipinski definition) is 5. The Bertz CT molecular complexity index is 1210. The zero-order valence-electron chi connectivity index (χ0n) is 16.9. The maximum absolute atomic E-state index is 13.2. The van der Waals surface area contributed by atoms with Gasteiger partial charge in [0.25, 0.3) is 0 Å². The van der Waals surface area contributed by atoms with Gasteiger partial charge in [0, 0.05) is 16.4 Å². The molecule has 0 amide bonds. The van der Waals surface area contributed by atoms with Crippen molar-refractivity contribution in [1.82, 2.24) is 0 Å². The van der Waals surface area contributed by atoms with Crippen LogP contribution in [0.4, 0.5) is 0 Å². The summed E-state index contributed by atoms with van der Waals surface area (Å²) in [6, 6.07) is 7.23. The van der Waals surface area contributed by atoms with Crippen molar-refractivity contribution in [3.8, 4) is 0 Å². The van der Waals surface area contributed by atoms with Crippen molar-refractivity contribution < 1.29 is 22.7 Å². The smallest absolute Gasteiger partial charge is 0.335 e. The van der Waals surface area contributed by atoms with Gasteiger partial charge in [-0.25, -0.2) is 4.79 Å². The molecule has 3 aromatic rings. The van der Waals surface area contributed by atoms with Gasteiger partial charge in [-0.05, 0) is 43.2 Å². The van der Waals surface area contributed by atoms with Crippen molar-refractivity contribution in [1.29, 1.82) is 0 Å². The molecule has 0 saturated heterocycles. The van der Waals surface area contributed by atoms with Crippen LogP contribution in [0.3, 0.4) is 0 Å². The zero-order chi connectivity index (χ0) is 21.8. The summed E-state index contributed by atoms with van der Waals surface area (Å²) in [5.41, 5.74) is -0.00615. The Hall–Kier alpha value is -2.32. The van der Waals surface area contributed by atoms with E-state index in [4.69, 9.17) is 4.42 Å². The Morgan fingerprint density at radius 1 is 0.967 bits per heavy atom. The van der Waals surface area contributed by atoms with Crippen LogP contribution in [0.5, 0.6) is 0 Å². The Balaban J connectivity index is 2.30. The lowest BCUT2D eigenvalue weighted by molar-refractivity contribution is 0.0697. The number of rotatable bonds is 9. The van der Waals surface area contributed by atoms with Crippen molar-refractivity contribution in [2.45, 2.75) is 49.3 Å². The van der Waals surface area contributed by atoms with Gasteiger partial charge >= 0.3 is 5.97 Å². The molecular formula is C22H24O6S2. The highest BCUT2D eigenvalue weighted by molar-refractivity contribution is 7.86. The summed E-state index contributed by atoms with van der Waals surface area (Å²) < 4.78 is 31.7. The third kappa shape index (κ3) is 4.54. The molecule has 0 saturated carbocycles. The number of carboxylic acid groups (broad SMARTS) is 1. The Labute approximate surface area is 179 Å². The van der Waals surface area contributed by atoms with Crippen LogP contribution in [0.15, 0.2) is 49.3 Å². The van der Waals surface area contributed by atoms with E-state index in [2.05, 4.69) is 0 Å². The molecule has 160 valence electrons. The lowest BCUT2D eigenvalue weighted by atomic mass is 10.1. The van der Waals surface area contributed by atoms with E-state index < -0.39 is 33.0 Å². The SMILES string of the molecule is CCCCS(=O)c1cc(S(=O)CCCC)c2oc3ccc(C(=O)O)cc3c(=O)c2c1. The molecule has 2 aromatic carbocycles. The first-order chi connectivity index (χ1) is 14.4. The predicted molar refractivity (Wildman–Crippen MR) is 119 cm³/mol. The average Bonchev–Trinajstić information content (AvgIpc) is 2.75. The second kappa shape index (κ2) is 9.66. The highest BCUT2D eigenvalue weighted by Gasteiger charge is 2.19. The van der Waals surface area contributed by atoms with Gasteiger partial charge in [0.2, 0.25) is 5.43 Å². The van der Waals surface area contributed by atoms with Crippen LogP contribution in [0.2, 0.25) is 0 Å². The maximum Gasteiger partial charge on any atom is 0.335 e. The predicted octanol–water partition coefficient (Wildman–Crippen LogP) is 4.46. The summed E-state index contributed by atoms with van der Waals surface area (Å²) in [7, 11) is -2.75. The van der Waals surface area contributed by atoms with Crippen LogP contribution in [-0.2, 0) is 21.6 Å². The first-order valence-electron chi connectivity index (χ1n) is 9.92. The van der Waals surface area contributed by atoms with Gasteiger partial charge in [0.15, 0.2) is 5.58 Å². The van der Waals surface area contributed by atoms with Crippen molar-refractivity contribution in [3.05, 3.63) is 46.1 Å². The van der Waals surface area contributed by atoms with Crippen molar-refractivity contribution >= 4 is 49.5 Å². The van der Waals surface area contributed by atoms with Gasteiger partial charge in [-0.3, -0.25) is 13.2 Å². The van der Waals surface area contributed by atoms with E-state index in [1.165, 1.54) is 24.3 Å². The largest absolute Gasteiger partial charge is 0.478 e. The highest BCUT2D eigenvalue weighted by atomic mass is 32.2. The number of fused-ring (bicyclic) bond motifs is 2. The summed E-state index contributed by atoms with van der Waals surface area (Å²) in [5.74, 6) is -0.284. The molecule has 1 heterocycles. The maximum atomic E-state index is 13.2. The van der Waals surface area contributed by atoms with Crippen LogP contribution in [-0.4, -0.2) is 31.0 Å². The molecule has 0 aliphatic rings. The highest BCUT2D eigenvalue weighted by Crippen LogP contribution is 2.28. The normalized spacial score (nSPS) is 13.5. The van der Waals surface area contributed by atoms with E-state index in [0.717, 1.165) is 25.7 Å². The molecule has 0 aliphatic carbocycles. The first kappa shape index (κ1) is 22.4. The fraction of sp³-hybridized carbons (Fsp3) is 0.364. The number of carbonyl (C=O) groups is 1. The molecule has 0 bridgehead atoms. The fourth-order valence-electron chi connectivity index (χ4n) is 3.11. The first-order valence-corrected chi connectivity index (χ1v) is 12.6. The third-order valence-corrected chi connectivity index (χ3v) is 7.71. The van der Waals surface area contributed by atoms with Crippen LogP contribution in [0, 0.1) is 0 Å². The molecule has 0 spiro atoms. The molecule has 1 aromatic heterocycles. The lowest BCUT2D eigenvalue weighted by Gasteiger charge is -2.10. The van der Waals surface area contributed by atoms with E-state index in [9.17, 15) is 23.1 Å². The fourth-order valence-corrected chi connectivity index (χ4v) is 5.86. The number of carboxylic acids is 1. The van der Waals surface area contributed by atoms with E-state index in [0.29, 0.717) is 21.3 Å². The van der Waals surface area contributed by atoms with E-state index in [1.807, 2.05) is 13.8 Å². The topological polar surface area (TPSA) is 102 Å². The minimum atomic E-state index is -1.41. The van der Waals surface area contributed by atoms with E-state index in [-0.39, 0.29) is 27.5 Å². The second-order valence-electron chi connectivity index (χ2n) is 7.05. The summed E-state index contributed by atoms with van der Waals surface area (Å²) in [4.78, 5) is 25.3. The van der Waals surface area contributed by atoms with E-state index in [1.54, 1.807) is 6.07 Å². The number of benzene rings is 2. The standard InChI is InChI=1S/C22H24O6S2/c1-3-5-9-29(26)15-12-17-20(23)16-11-14(22(24)25)7-8-18(16)28-21(17)19(13-15)30(27)10-6-4-2/h7-8,11-13H,3-6,9-10H2,1-2H3,(H,24,25). The van der Waals surface area contributed by atoms with Gasteiger partial charge in [-0.1, -0.05) is 26.7 Å². The van der Waals surface area contributed by atoms with Gasteiger partial charge < -0.3 is 9.52 Å². The van der Waals surface area contributed by atoms with Gasteiger partial charge in [-0.2, -0.15) is 0 Å². The quantitative estimate of drug-likeness (QED) is 0.485. The summed E-state index contributed by atoms with van der Waals surface area (Å²) in [5, 5.41) is 9.54. The Morgan fingerprint density at radius 3 is 2.27 bits per heavy atom. The van der Waals surface area contributed by atoms with Gasteiger partial charge in [0.1, 0.15) is 5.58 Å². The molecule has 0 radical (unpaired) electrons. The van der Waals surface area contributed by atoms with Gasteiger partial charge in [-0.15, -0.1) is 0 Å². The zero-order valence-corrected chi connectivity index (χ0v) is 18.6. The number of aromatic carboxylic acids is 1. The minimum absolute atomic E-state index is 0.0245. The van der Waals surface area contributed by atoms with Gasteiger partial charge in [0.05, 0.1) is 42.8 Å². The van der Waals surface area contributed by atoms with Crippen molar-refractivity contribution in [2.75, 3.05) is 11.5 Å². The molecule has 2 unspecified atom stereocenters. The monoisotopic (exact) mass is 448 g/mol.